The molecule has 2 aliphatic heterocycles. The van der Waals surface area contributed by atoms with E-state index in [1.807, 2.05) is 47.4 Å². The number of hydrogen-bond donors (Lipinski definition) is 1. The molecule has 0 spiro atoms. The highest BCUT2D eigenvalue weighted by Gasteiger charge is 2.41. The summed E-state index contributed by atoms with van der Waals surface area (Å²) in [5.41, 5.74) is 8.20. The zero-order chi connectivity index (χ0) is 19.7. The number of rotatable bonds is 4. The minimum atomic E-state index is -0.348. The molecule has 2 saturated heterocycles. The molecule has 1 unspecified atom stereocenters. The van der Waals surface area contributed by atoms with Crippen molar-refractivity contribution in [1.82, 2.24) is 4.90 Å². The van der Waals surface area contributed by atoms with Gasteiger partial charge in [-0.25, -0.2) is 0 Å². The Morgan fingerprint density at radius 3 is 2.50 bits per heavy atom. The normalized spacial score (nSPS) is 24.6. The highest BCUT2D eigenvalue weighted by molar-refractivity contribution is 6.01. The van der Waals surface area contributed by atoms with Crippen molar-refractivity contribution in [3.63, 3.8) is 0 Å². The summed E-state index contributed by atoms with van der Waals surface area (Å²) < 4.78 is 5.37. The highest BCUT2D eigenvalue weighted by Crippen LogP contribution is 2.34. The fraction of sp³-hybridized carbons (Fsp3) is 0.364. The van der Waals surface area contributed by atoms with E-state index in [-0.39, 0.29) is 36.1 Å². The van der Waals surface area contributed by atoms with Gasteiger partial charge in [0.1, 0.15) is 5.75 Å². The molecule has 2 fully saturated rings. The molecule has 0 radical (unpaired) electrons. The average molecular weight is 379 g/mol. The fourth-order valence-corrected chi connectivity index (χ4v) is 4.28. The summed E-state index contributed by atoms with van der Waals surface area (Å²) in [6, 6.07) is 17.4. The monoisotopic (exact) mass is 379 g/mol. The number of methoxy groups -OCH3 is 1. The van der Waals surface area contributed by atoms with Gasteiger partial charge in [0.25, 0.3) is 0 Å². The molecule has 146 valence electrons. The topological polar surface area (TPSA) is 75.9 Å². The molecule has 2 aliphatic rings. The number of para-hydroxylation sites is 2. The lowest BCUT2D eigenvalue weighted by Crippen LogP contribution is -2.37. The lowest BCUT2D eigenvalue weighted by molar-refractivity contribution is -0.134. The van der Waals surface area contributed by atoms with Crippen molar-refractivity contribution in [2.45, 2.75) is 18.4 Å². The molecule has 28 heavy (non-hydrogen) atoms. The Labute approximate surface area is 164 Å². The van der Waals surface area contributed by atoms with E-state index in [2.05, 4.69) is 12.1 Å². The fourth-order valence-electron chi connectivity index (χ4n) is 4.28. The van der Waals surface area contributed by atoms with Gasteiger partial charge in [-0.3, -0.25) is 9.59 Å². The molecule has 2 N–H and O–H groups in total. The minimum Gasteiger partial charge on any atom is -0.495 e. The number of anilines is 1. The van der Waals surface area contributed by atoms with E-state index in [0.29, 0.717) is 31.1 Å². The van der Waals surface area contributed by atoms with E-state index in [0.717, 1.165) is 5.56 Å². The second-order valence-corrected chi connectivity index (χ2v) is 7.50. The summed E-state index contributed by atoms with van der Waals surface area (Å²) in [6.07, 6.45) is 0.221. The molecule has 4 rings (SSSR count). The number of carbonyl (C=O) groups excluding carboxylic acids is 2. The number of amides is 2. The molecule has 3 atom stereocenters. The number of hydrogen-bond acceptors (Lipinski definition) is 4. The van der Waals surface area contributed by atoms with Crippen LogP contribution >= 0.6 is 0 Å². The molecular formula is C22H25N3O3. The Morgan fingerprint density at radius 2 is 1.75 bits per heavy atom. The first-order valence-electron chi connectivity index (χ1n) is 9.61. The molecule has 0 bridgehead atoms. The van der Waals surface area contributed by atoms with Crippen LogP contribution < -0.4 is 15.4 Å². The summed E-state index contributed by atoms with van der Waals surface area (Å²) in [6.45, 7) is 1.50. The maximum absolute atomic E-state index is 13.1. The lowest BCUT2D eigenvalue weighted by atomic mass is 9.95. The van der Waals surface area contributed by atoms with E-state index in [4.69, 9.17) is 10.5 Å². The number of ether oxygens (including phenoxy) is 1. The van der Waals surface area contributed by atoms with Gasteiger partial charge in [-0.2, -0.15) is 0 Å². The third kappa shape index (κ3) is 3.36. The highest BCUT2D eigenvalue weighted by atomic mass is 16.5. The number of nitrogens with zero attached hydrogens (tertiary/aromatic N) is 2. The molecule has 2 heterocycles. The van der Waals surface area contributed by atoms with Crippen LogP contribution in [0.2, 0.25) is 0 Å². The first kappa shape index (κ1) is 18.5. The Kier molecular flexibility index (Phi) is 5.05. The van der Waals surface area contributed by atoms with E-state index < -0.39 is 0 Å². The Bertz CT molecular complexity index is 870. The van der Waals surface area contributed by atoms with Crippen LogP contribution in [0.4, 0.5) is 5.69 Å². The summed E-state index contributed by atoms with van der Waals surface area (Å²) >= 11 is 0. The SMILES string of the molecule is COc1ccccc1N1CC(C(=O)N2C[C@@H](N)[C@H](c3ccccc3)C2)CC1=O. The standard InChI is InChI=1S/C22H25N3O3/c1-28-20-10-6-5-9-19(20)25-12-16(11-21(25)26)22(27)24-13-17(18(23)14-24)15-7-3-2-4-8-15/h2-10,16-18H,11-14,23H2,1H3/t16?,17-,18+/m0/s1. The van der Waals surface area contributed by atoms with E-state index in [1.165, 1.54) is 0 Å². The molecule has 0 aromatic heterocycles. The van der Waals surface area contributed by atoms with E-state index in [9.17, 15) is 9.59 Å². The summed E-state index contributed by atoms with van der Waals surface area (Å²) in [5.74, 6) is 0.383. The van der Waals surface area contributed by atoms with Crippen LogP contribution in [0.3, 0.4) is 0 Å². The zero-order valence-electron chi connectivity index (χ0n) is 16.0. The summed E-state index contributed by atoms with van der Waals surface area (Å²) in [5, 5.41) is 0. The van der Waals surface area contributed by atoms with Crippen molar-refractivity contribution in [3.8, 4) is 5.75 Å². The second kappa shape index (κ2) is 7.64. The Balaban J connectivity index is 1.47. The van der Waals surface area contributed by atoms with Gasteiger partial charge >= 0.3 is 0 Å². The van der Waals surface area contributed by atoms with Crippen LogP contribution in [-0.2, 0) is 9.59 Å². The maximum Gasteiger partial charge on any atom is 0.228 e. The molecule has 0 saturated carbocycles. The van der Waals surface area contributed by atoms with Crippen LogP contribution in [0, 0.1) is 5.92 Å². The van der Waals surface area contributed by atoms with Gasteiger partial charge in [0.05, 0.1) is 18.7 Å². The zero-order valence-corrected chi connectivity index (χ0v) is 16.0. The summed E-state index contributed by atoms with van der Waals surface area (Å²) in [7, 11) is 1.58. The van der Waals surface area contributed by atoms with Gasteiger partial charge in [0, 0.05) is 38.0 Å². The number of benzene rings is 2. The third-order valence-corrected chi connectivity index (χ3v) is 5.75. The lowest BCUT2D eigenvalue weighted by Gasteiger charge is -2.22. The Morgan fingerprint density at radius 1 is 1.04 bits per heavy atom. The van der Waals surface area contributed by atoms with Crippen LogP contribution in [0.5, 0.6) is 5.75 Å². The maximum atomic E-state index is 13.1. The molecule has 2 aromatic carbocycles. The van der Waals surface area contributed by atoms with Crippen molar-refractivity contribution in [2.75, 3.05) is 31.6 Å². The number of carbonyl (C=O) groups is 2. The molecule has 2 aromatic rings. The van der Waals surface area contributed by atoms with E-state index >= 15 is 0 Å². The van der Waals surface area contributed by atoms with Crippen LogP contribution in [-0.4, -0.2) is 49.5 Å². The van der Waals surface area contributed by atoms with Gasteiger partial charge in [-0.1, -0.05) is 42.5 Å². The van der Waals surface area contributed by atoms with E-state index in [1.54, 1.807) is 12.0 Å². The molecule has 0 aliphatic carbocycles. The molecule has 6 heteroatoms. The average Bonchev–Trinajstić information content (AvgIpc) is 3.31. The largest absolute Gasteiger partial charge is 0.495 e. The van der Waals surface area contributed by atoms with Gasteiger partial charge in [-0.05, 0) is 17.7 Å². The van der Waals surface area contributed by atoms with Crippen molar-refractivity contribution >= 4 is 17.5 Å². The number of likely N-dealkylation sites (tertiary alicyclic amines) is 1. The second-order valence-electron chi connectivity index (χ2n) is 7.50. The molecular weight excluding hydrogens is 354 g/mol. The van der Waals surface area contributed by atoms with Crippen molar-refractivity contribution < 1.29 is 14.3 Å². The van der Waals surface area contributed by atoms with Gasteiger partial charge in [-0.15, -0.1) is 0 Å². The predicted molar refractivity (Wildman–Crippen MR) is 107 cm³/mol. The van der Waals surface area contributed by atoms with Crippen LogP contribution in [0.15, 0.2) is 54.6 Å². The quantitative estimate of drug-likeness (QED) is 0.882. The van der Waals surface area contributed by atoms with Crippen LogP contribution in [0.1, 0.15) is 17.9 Å². The molecule has 6 nitrogen and oxygen atoms in total. The van der Waals surface area contributed by atoms with Gasteiger partial charge < -0.3 is 20.3 Å². The van der Waals surface area contributed by atoms with Crippen LogP contribution in [0.25, 0.3) is 0 Å². The van der Waals surface area contributed by atoms with Crippen molar-refractivity contribution in [3.05, 3.63) is 60.2 Å². The van der Waals surface area contributed by atoms with Gasteiger partial charge in [0.2, 0.25) is 11.8 Å². The smallest absolute Gasteiger partial charge is 0.228 e. The Hall–Kier alpha value is -2.86. The first-order valence-corrected chi connectivity index (χ1v) is 9.61. The summed E-state index contributed by atoms with van der Waals surface area (Å²) in [4.78, 5) is 29.2. The third-order valence-electron chi connectivity index (χ3n) is 5.75. The minimum absolute atomic E-state index is 0.0135. The van der Waals surface area contributed by atoms with Crippen molar-refractivity contribution in [1.29, 1.82) is 0 Å². The first-order chi connectivity index (χ1) is 13.6. The van der Waals surface area contributed by atoms with Gasteiger partial charge in [0.15, 0.2) is 0 Å². The number of nitrogens with two attached hydrogens (primary N) is 1. The molecule has 2 amide bonds. The van der Waals surface area contributed by atoms with Crippen molar-refractivity contribution in [2.24, 2.45) is 11.7 Å². The predicted octanol–water partition coefficient (Wildman–Crippen LogP) is 2.00.